The minimum Gasteiger partial charge on any atom is -0.369 e. The molecule has 0 aliphatic carbocycles. The Labute approximate surface area is 159 Å². The van der Waals surface area contributed by atoms with Gasteiger partial charge in [-0.05, 0) is 43.2 Å². The molecule has 1 amide bonds. The van der Waals surface area contributed by atoms with Gasteiger partial charge in [0.05, 0.1) is 0 Å². The van der Waals surface area contributed by atoms with Crippen LogP contribution in [0.25, 0.3) is 5.69 Å². The molecule has 0 N–H and O–H groups in total. The molecule has 6 heteroatoms. The highest BCUT2D eigenvalue weighted by atomic mass is 16.2. The molecule has 0 bridgehead atoms. The summed E-state index contributed by atoms with van der Waals surface area (Å²) in [6.45, 7) is 5.46. The van der Waals surface area contributed by atoms with Crippen LogP contribution in [0.15, 0.2) is 61.2 Å². The summed E-state index contributed by atoms with van der Waals surface area (Å²) in [6.07, 6.45) is 4.23. The van der Waals surface area contributed by atoms with Gasteiger partial charge in [0.15, 0.2) is 0 Å². The Morgan fingerprint density at radius 2 is 1.74 bits per heavy atom. The van der Waals surface area contributed by atoms with E-state index in [1.165, 1.54) is 11.3 Å². The van der Waals surface area contributed by atoms with Crippen molar-refractivity contribution in [1.82, 2.24) is 19.7 Å². The average Bonchev–Trinajstić information content (AvgIpc) is 3.13. The van der Waals surface area contributed by atoms with Gasteiger partial charge in [0.25, 0.3) is 5.91 Å². The maximum atomic E-state index is 13.1. The molecule has 27 heavy (non-hydrogen) atoms. The van der Waals surface area contributed by atoms with E-state index in [1.807, 2.05) is 29.2 Å². The van der Waals surface area contributed by atoms with Crippen LogP contribution in [0.5, 0.6) is 0 Å². The molecule has 2 aromatic carbocycles. The van der Waals surface area contributed by atoms with E-state index in [9.17, 15) is 4.79 Å². The summed E-state index contributed by atoms with van der Waals surface area (Å²) in [5.41, 5.74) is 4.13. The molecule has 4 rings (SSSR count). The highest BCUT2D eigenvalue weighted by molar-refractivity contribution is 5.94. The number of anilines is 1. The van der Waals surface area contributed by atoms with E-state index >= 15 is 0 Å². The highest BCUT2D eigenvalue weighted by Gasteiger charge is 2.21. The van der Waals surface area contributed by atoms with E-state index in [4.69, 9.17) is 0 Å². The van der Waals surface area contributed by atoms with Crippen molar-refractivity contribution in [3.05, 3.63) is 72.3 Å². The van der Waals surface area contributed by atoms with Gasteiger partial charge in [0, 0.05) is 43.1 Å². The van der Waals surface area contributed by atoms with Gasteiger partial charge in [-0.25, -0.2) is 0 Å². The molecular formula is C21H23N5O. The second-order valence-corrected chi connectivity index (χ2v) is 6.84. The van der Waals surface area contributed by atoms with Crippen LogP contribution < -0.4 is 4.90 Å². The van der Waals surface area contributed by atoms with Crippen molar-refractivity contribution >= 4 is 11.6 Å². The number of benzene rings is 2. The number of aryl methyl sites for hydroxylation is 1. The fraction of sp³-hybridized carbons (Fsp3) is 0.286. The number of amides is 1. The SMILES string of the molecule is Cc1ccccc1N1CCCN(C(=O)c2cccc(-n3cnnc3)c2)CC1. The lowest BCUT2D eigenvalue weighted by atomic mass is 10.1. The normalized spacial score (nSPS) is 14.9. The fourth-order valence-corrected chi connectivity index (χ4v) is 3.60. The minimum atomic E-state index is 0.0801. The third-order valence-electron chi connectivity index (χ3n) is 5.05. The Morgan fingerprint density at radius 3 is 2.56 bits per heavy atom. The Morgan fingerprint density at radius 1 is 0.926 bits per heavy atom. The molecule has 3 aromatic rings. The number of carbonyl (C=O) groups excluding carboxylic acids is 1. The first kappa shape index (κ1) is 17.3. The minimum absolute atomic E-state index is 0.0801. The second-order valence-electron chi connectivity index (χ2n) is 6.84. The standard InChI is InChI=1S/C21H23N5O/c1-17-6-2-3-9-20(17)24-10-5-11-25(13-12-24)21(27)18-7-4-8-19(14-18)26-15-22-23-16-26/h2-4,6-9,14-16H,5,10-13H2,1H3. The van der Waals surface area contributed by atoms with E-state index in [0.29, 0.717) is 5.56 Å². The van der Waals surface area contributed by atoms with Crippen LogP contribution >= 0.6 is 0 Å². The van der Waals surface area contributed by atoms with Crippen LogP contribution in [0, 0.1) is 6.92 Å². The summed E-state index contributed by atoms with van der Waals surface area (Å²) in [5.74, 6) is 0.0801. The predicted molar refractivity (Wildman–Crippen MR) is 105 cm³/mol. The van der Waals surface area contributed by atoms with Gasteiger partial charge >= 0.3 is 0 Å². The molecular weight excluding hydrogens is 338 g/mol. The highest BCUT2D eigenvalue weighted by Crippen LogP contribution is 2.21. The molecule has 6 nitrogen and oxygen atoms in total. The monoisotopic (exact) mass is 361 g/mol. The number of aromatic nitrogens is 3. The number of hydrogen-bond acceptors (Lipinski definition) is 4. The van der Waals surface area contributed by atoms with E-state index in [1.54, 1.807) is 17.2 Å². The maximum absolute atomic E-state index is 13.1. The molecule has 1 aliphatic heterocycles. The van der Waals surface area contributed by atoms with Crippen LogP contribution in [0.4, 0.5) is 5.69 Å². The lowest BCUT2D eigenvalue weighted by Gasteiger charge is -2.25. The smallest absolute Gasteiger partial charge is 0.253 e. The van der Waals surface area contributed by atoms with Crippen LogP contribution in [0.1, 0.15) is 22.3 Å². The van der Waals surface area contributed by atoms with E-state index in [2.05, 4.69) is 46.3 Å². The number of para-hydroxylation sites is 1. The molecule has 0 saturated carbocycles. The Balaban J connectivity index is 1.49. The average molecular weight is 361 g/mol. The summed E-state index contributed by atoms with van der Waals surface area (Å²) in [7, 11) is 0. The molecule has 138 valence electrons. The van der Waals surface area contributed by atoms with Crippen LogP contribution in [0.3, 0.4) is 0 Å². The van der Waals surface area contributed by atoms with E-state index in [0.717, 1.165) is 38.3 Å². The van der Waals surface area contributed by atoms with Crippen LogP contribution in [0.2, 0.25) is 0 Å². The Bertz CT molecular complexity index is 922. The lowest BCUT2D eigenvalue weighted by molar-refractivity contribution is 0.0767. The number of carbonyl (C=O) groups is 1. The first-order valence-electron chi connectivity index (χ1n) is 9.27. The second kappa shape index (κ2) is 7.61. The van der Waals surface area contributed by atoms with Crippen molar-refractivity contribution in [3.63, 3.8) is 0 Å². The van der Waals surface area contributed by atoms with Gasteiger partial charge in [-0.2, -0.15) is 0 Å². The van der Waals surface area contributed by atoms with Gasteiger partial charge in [0.2, 0.25) is 0 Å². The molecule has 0 atom stereocenters. The molecule has 1 aromatic heterocycles. The van der Waals surface area contributed by atoms with Gasteiger partial charge in [0.1, 0.15) is 12.7 Å². The third-order valence-corrected chi connectivity index (χ3v) is 5.05. The summed E-state index contributed by atoms with van der Waals surface area (Å²) in [6, 6.07) is 16.1. The van der Waals surface area contributed by atoms with Crippen molar-refractivity contribution in [3.8, 4) is 5.69 Å². The number of nitrogens with zero attached hydrogens (tertiary/aromatic N) is 5. The molecule has 0 unspecified atom stereocenters. The molecule has 1 fully saturated rings. The largest absolute Gasteiger partial charge is 0.369 e. The van der Waals surface area contributed by atoms with Crippen molar-refractivity contribution < 1.29 is 4.79 Å². The zero-order valence-electron chi connectivity index (χ0n) is 15.5. The Kier molecular flexibility index (Phi) is 4.87. The van der Waals surface area contributed by atoms with Crippen LogP contribution in [-0.4, -0.2) is 51.8 Å². The molecule has 1 saturated heterocycles. The number of rotatable bonds is 3. The lowest BCUT2D eigenvalue weighted by Crippen LogP contribution is -2.35. The fourth-order valence-electron chi connectivity index (χ4n) is 3.60. The predicted octanol–water partition coefficient (Wildman–Crippen LogP) is 2.93. The molecule has 0 radical (unpaired) electrons. The van der Waals surface area contributed by atoms with Gasteiger partial charge in [-0.15, -0.1) is 10.2 Å². The van der Waals surface area contributed by atoms with Crippen LogP contribution in [-0.2, 0) is 0 Å². The quantitative estimate of drug-likeness (QED) is 0.720. The summed E-state index contributed by atoms with van der Waals surface area (Å²) >= 11 is 0. The summed E-state index contributed by atoms with van der Waals surface area (Å²) < 4.78 is 1.80. The first-order chi connectivity index (χ1) is 13.2. The topological polar surface area (TPSA) is 54.3 Å². The molecule has 2 heterocycles. The zero-order valence-corrected chi connectivity index (χ0v) is 15.5. The zero-order chi connectivity index (χ0) is 18.6. The van der Waals surface area contributed by atoms with E-state index < -0.39 is 0 Å². The van der Waals surface area contributed by atoms with Gasteiger partial charge in [-0.3, -0.25) is 9.36 Å². The van der Waals surface area contributed by atoms with Gasteiger partial charge < -0.3 is 9.80 Å². The summed E-state index contributed by atoms with van der Waals surface area (Å²) in [5, 5.41) is 7.66. The van der Waals surface area contributed by atoms with E-state index in [-0.39, 0.29) is 5.91 Å². The molecule has 0 spiro atoms. The first-order valence-corrected chi connectivity index (χ1v) is 9.27. The summed E-state index contributed by atoms with van der Waals surface area (Å²) in [4.78, 5) is 17.4. The van der Waals surface area contributed by atoms with Crippen molar-refractivity contribution in [2.24, 2.45) is 0 Å². The van der Waals surface area contributed by atoms with Crippen molar-refractivity contribution in [2.75, 3.05) is 31.1 Å². The van der Waals surface area contributed by atoms with Crippen molar-refractivity contribution in [1.29, 1.82) is 0 Å². The van der Waals surface area contributed by atoms with Gasteiger partial charge in [-0.1, -0.05) is 24.3 Å². The van der Waals surface area contributed by atoms with Crippen molar-refractivity contribution in [2.45, 2.75) is 13.3 Å². The third kappa shape index (κ3) is 3.69. The number of hydrogen-bond donors (Lipinski definition) is 0. The molecule has 1 aliphatic rings. The maximum Gasteiger partial charge on any atom is 0.253 e. The Hall–Kier alpha value is -3.15.